The zero-order valence-electron chi connectivity index (χ0n) is 13.5. The van der Waals surface area contributed by atoms with Crippen LogP contribution in [0, 0.1) is 6.92 Å². The number of aromatic nitrogens is 2. The topological polar surface area (TPSA) is 72.3 Å². The van der Waals surface area contributed by atoms with Crippen molar-refractivity contribution in [1.82, 2.24) is 10.2 Å². The summed E-state index contributed by atoms with van der Waals surface area (Å²) >= 11 is 2.96. The maximum atomic E-state index is 11.9. The van der Waals surface area contributed by atoms with Gasteiger partial charge in [0.25, 0.3) is 0 Å². The lowest BCUT2D eigenvalue weighted by Crippen LogP contribution is -2.09. The fourth-order valence-electron chi connectivity index (χ4n) is 2.06. The summed E-state index contributed by atoms with van der Waals surface area (Å²) in [5.74, 6) is 0.302. The highest BCUT2D eigenvalue weighted by molar-refractivity contribution is 8.01. The molecule has 3 rings (SSSR count). The van der Waals surface area contributed by atoms with Gasteiger partial charge in [-0.15, -0.1) is 10.2 Å². The Bertz CT molecular complexity index is 866. The van der Waals surface area contributed by atoms with Crippen molar-refractivity contribution < 1.29 is 14.6 Å². The maximum Gasteiger partial charge on any atom is 0.312 e. The van der Waals surface area contributed by atoms with E-state index < -0.39 is 0 Å². The van der Waals surface area contributed by atoms with Gasteiger partial charge in [0.05, 0.1) is 6.42 Å². The molecule has 25 heavy (non-hydrogen) atoms. The number of phenols is 1. The number of nitrogens with zero attached hydrogens (tertiary/aromatic N) is 2. The van der Waals surface area contributed by atoms with Crippen LogP contribution < -0.4 is 4.74 Å². The second kappa shape index (κ2) is 8.13. The van der Waals surface area contributed by atoms with Gasteiger partial charge in [-0.3, -0.25) is 4.79 Å². The number of carbonyl (C=O) groups excluding carboxylic acids is 1. The molecule has 0 saturated carbocycles. The van der Waals surface area contributed by atoms with E-state index in [0.717, 1.165) is 20.5 Å². The van der Waals surface area contributed by atoms with Crippen LogP contribution in [0.25, 0.3) is 10.6 Å². The van der Waals surface area contributed by atoms with Crippen LogP contribution in [-0.2, 0) is 4.79 Å². The third kappa shape index (κ3) is 4.80. The highest BCUT2D eigenvalue weighted by Gasteiger charge is 2.11. The second-order valence-corrected chi connectivity index (χ2v) is 7.60. The first-order chi connectivity index (χ1) is 12.1. The molecule has 1 heterocycles. The van der Waals surface area contributed by atoms with Crippen molar-refractivity contribution in [3.05, 3.63) is 54.1 Å². The number of aryl methyl sites for hydroxylation is 1. The minimum atomic E-state index is -0.388. The molecule has 7 heteroatoms. The van der Waals surface area contributed by atoms with E-state index in [1.54, 1.807) is 12.1 Å². The molecule has 5 nitrogen and oxygen atoms in total. The molecule has 0 unspecified atom stereocenters. The molecule has 2 aromatic carbocycles. The first kappa shape index (κ1) is 17.4. The monoisotopic (exact) mass is 372 g/mol. The highest BCUT2D eigenvalue weighted by atomic mass is 32.2. The second-order valence-electron chi connectivity index (χ2n) is 5.28. The van der Waals surface area contributed by atoms with Crippen molar-refractivity contribution in [3.8, 4) is 22.1 Å². The number of ether oxygens (including phenoxy) is 1. The molecular weight excluding hydrogens is 356 g/mol. The molecule has 1 aromatic heterocycles. The summed E-state index contributed by atoms with van der Waals surface area (Å²) in [6.07, 6.45) is 0.221. The number of aromatic hydroxyl groups is 1. The molecule has 0 saturated heterocycles. The molecule has 0 bridgehead atoms. The first-order valence-electron chi connectivity index (χ1n) is 7.64. The van der Waals surface area contributed by atoms with E-state index in [4.69, 9.17) is 4.74 Å². The number of carbonyl (C=O) groups is 1. The van der Waals surface area contributed by atoms with Gasteiger partial charge in [-0.2, -0.15) is 0 Å². The van der Waals surface area contributed by atoms with Crippen molar-refractivity contribution in [2.75, 3.05) is 5.75 Å². The molecule has 0 radical (unpaired) electrons. The van der Waals surface area contributed by atoms with Crippen molar-refractivity contribution in [3.63, 3.8) is 0 Å². The Kier molecular flexibility index (Phi) is 5.67. The number of hydrogen-bond acceptors (Lipinski definition) is 7. The number of phenolic OH excluding ortho intramolecular Hbond substituents is 1. The van der Waals surface area contributed by atoms with E-state index in [1.807, 2.05) is 37.3 Å². The van der Waals surface area contributed by atoms with E-state index in [2.05, 4.69) is 10.2 Å². The quantitative estimate of drug-likeness (QED) is 0.395. The van der Waals surface area contributed by atoms with E-state index in [-0.39, 0.29) is 23.9 Å². The Labute approximate surface area is 153 Å². The number of benzene rings is 2. The maximum absolute atomic E-state index is 11.9. The molecule has 1 N–H and O–H groups in total. The van der Waals surface area contributed by atoms with E-state index in [9.17, 15) is 9.90 Å². The number of thioether (sulfide) groups is 1. The van der Waals surface area contributed by atoms with Crippen LogP contribution >= 0.6 is 23.1 Å². The fourth-order valence-corrected chi connectivity index (χ4v) is 3.91. The molecule has 0 fully saturated rings. The van der Waals surface area contributed by atoms with Crippen LogP contribution in [0.5, 0.6) is 11.5 Å². The number of rotatable bonds is 6. The average Bonchev–Trinajstić information content (AvgIpc) is 3.08. The van der Waals surface area contributed by atoms with Gasteiger partial charge in [0.1, 0.15) is 5.01 Å². The lowest BCUT2D eigenvalue weighted by Gasteiger charge is -2.06. The fraction of sp³-hybridized carbons (Fsp3) is 0.167. The third-order valence-electron chi connectivity index (χ3n) is 3.30. The van der Waals surface area contributed by atoms with Crippen molar-refractivity contribution in [2.24, 2.45) is 0 Å². The average molecular weight is 372 g/mol. The molecule has 0 atom stereocenters. The summed E-state index contributed by atoms with van der Waals surface area (Å²) in [5.41, 5.74) is 1.94. The Balaban J connectivity index is 1.50. The molecule has 0 aliphatic carbocycles. The highest BCUT2D eigenvalue weighted by Crippen LogP contribution is 2.30. The summed E-state index contributed by atoms with van der Waals surface area (Å²) < 4.78 is 6.01. The van der Waals surface area contributed by atoms with Crippen LogP contribution in [-0.4, -0.2) is 27.0 Å². The number of hydrogen-bond donors (Lipinski definition) is 1. The molecule has 0 amide bonds. The Hall–Kier alpha value is -2.38. The molecule has 3 aromatic rings. The lowest BCUT2D eigenvalue weighted by molar-refractivity contribution is -0.134. The van der Waals surface area contributed by atoms with Gasteiger partial charge < -0.3 is 9.84 Å². The number of esters is 1. The summed E-state index contributed by atoms with van der Waals surface area (Å²) in [6.45, 7) is 1.87. The van der Waals surface area contributed by atoms with Gasteiger partial charge >= 0.3 is 5.97 Å². The first-order valence-corrected chi connectivity index (χ1v) is 9.44. The molecule has 0 aliphatic heterocycles. The van der Waals surface area contributed by atoms with Gasteiger partial charge in [0.2, 0.25) is 0 Å². The minimum absolute atomic E-state index is 0.0387. The van der Waals surface area contributed by atoms with Gasteiger partial charge in [-0.05, 0) is 24.6 Å². The van der Waals surface area contributed by atoms with E-state index in [1.165, 1.54) is 29.2 Å². The standard InChI is InChI=1S/C18H16N2O3S2/c1-12-7-8-14(21)15(11-12)23-16(22)9-10-24-18-20-19-17(25-18)13-5-3-2-4-6-13/h2-8,11,21H,9-10H2,1H3. The predicted octanol–water partition coefficient (Wildman–Crippen LogP) is 4.31. The summed E-state index contributed by atoms with van der Waals surface area (Å²) in [4.78, 5) is 11.9. The van der Waals surface area contributed by atoms with Gasteiger partial charge in [-0.25, -0.2) is 0 Å². The van der Waals surface area contributed by atoms with Crippen LogP contribution in [0.1, 0.15) is 12.0 Å². The molecule has 0 aliphatic rings. The van der Waals surface area contributed by atoms with Crippen LogP contribution in [0.2, 0.25) is 0 Å². The van der Waals surface area contributed by atoms with Crippen molar-refractivity contribution in [1.29, 1.82) is 0 Å². The van der Waals surface area contributed by atoms with Crippen molar-refractivity contribution in [2.45, 2.75) is 17.7 Å². The van der Waals surface area contributed by atoms with E-state index >= 15 is 0 Å². The van der Waals surface area contributed by atoms with Crippen LogP contribution in [0.3, 0.4) is 0 Å². The predicted molar refractivity (Wildman–Crippen MR) is 99.2 cm³/mol. The van der Waals surface area contributed by atoms with E-state index in [0.29, 0.717) is 5.75 Å². The van der Waals surface area contributed by atoms with Gasteiger partial charge in [-0.1, -0.05) is 59.5 Å². The smallest absolute Gasteiger partial charge is 0.312 e. The van der Waals surface area contributed by atoms with Gasteiger partial charge in [0.15, 0.2) is 15.8 Å². The third-order valence-corrected chi connectivity index (χ3v) is 5.41. The minimum Gasteiger partial charge on any atom is -0.504 e. The summed E-state index contributed by atoms with van der Waals surface area (Å²) in [6, 6.07) is 14.7. The van der Waals surface area contributed by atoms with Crippen molar-refractivity contribution >= 4 is 29.1 Å². The normalized spacial score (nSPS) is 10.6. The van der Waals surface area contributed by atoms with Gasteiger partial charge in [0, 0.05) is 11.3 Å². The zero-order valence-corrected chi connectivity index (χ0v) is 15.1. The van der Waals surface area contributed by atoms with Crippen LogP contribution in [0.4, 0.5) is 0 Å². The lowest BCUT2D eigenvalue weighted by atomic mass is 10.2. The summed E-state index contributed by atoms with van der Waals surface area (Å²) in [7, 11) is 0. The Morgan fingerprint density at radius 3 is 2.80 bits per heavy atom. The Morgan fingerprint density at radius 1 is 1.20 bits per heavy atom. The SMILES string of the molecule is Cc1ccc(O)c(OC(=O)CCSc2nnc(-c3ccccc3)s2)c1. The summed E-state index contributed by atoms with van der Waals surface area (Å²) in [5, 5.41) is 18.9. The largest absolute Gasteiger partial charge is 0.504 e. The molecule has 0 spiro atoms. The Morgan fingerprint density at radius 2 is 2.00 bits per heavy atom. The van der Waals surface area contributed by atoms with Crippen LogP contribution in [0.15, 0.2) is 52.9 Å². The molecule has 128 valence electrons. The zero-order chi connectivity index (χ0) is 17.6. The molecular formula is C18H16N2O3S2.